The first-order chi connectivity index (χ1) is 12.8. The maximum atomic E-state index is 13.9. The molecule has 0 radical (unpaired) electrons. The first-order valence-corrected chi connectivity index (χ1v) is 10.9. The lowest BCUT2D eigenvalue weighted by molar-refractivity contribution is -0.121. The van der Waals surface area contributed by atoms with Crippen LogP contribution in [0.1, 0.15) is 5.56 Å². The smallest absolute Gasteiger partial charge is 0.282 e. The van der Waals surface area contributed by atoms with E-state index in [1.54, 1.807) is 6.07 Å². The molecule has 1 fully saturated rings. The van der Waals surface area contributed by atoms with Crippen molar-refractivity contribution in [3.63, 3.8) is 0 Å². The van der Waals surface area contributed by atoms with Crippen LogP contribution >= 0.6 is 34.7 Å². The molecule has 27 heavy (non-hydrogen) atoms. The molecule has 1 amide bonds. The van der Waals surface area contributed by atoms with Crippen LogP contribution in [0.25, 0.3) is 6.08 Å². The van der Waals surface area contributed by atoms with Gasteiger partial charge in [-0.15, -0.1) is 22.3 Å². The molecule has 1 aliphatic heterocycles. The Morgan fingerprint density at radius 1 is 1.26 bits per heavy atom. The fourth-order valence-electron chi connectivity index (χ4n) is 2.18. The van der Waals surface area contributed by atoms with Crippen molar-refractivity contribution < 1.29 is 17.6 Å². The third kappa shape index (κ3) is 4.32. The topological polar surface area (TPSA) is 66.8 Å². The van der Waals surface area contributed by atoms with Crippen molar-refractivity contribution in [2.45, 2.75) is 4.21 Å². The molecule has 140 valence electrons. The monoisotopic (exact) mass is 442 g/mol. The second-order valence-corrected chi connectivity index (χ2v) is 9.80. The Hall–Kier alpha value is -1.94. The van der Waals surface area contributed by atoms with Crippen molar-refractivity contribution >= 4 is 61.9 Å². The molecule has 5 nitrogen and oxygen atoms in total. The third-order valence-electron chi connectivity index (χ3n) is 3.39. The Balaban J connectivity index is 2.01. The molecule has 1 aromatic heterocycles. The summed E-state index contributed by atoms with van der Waals surface area (Å²) in [5.74, 6) is -0.957. The van der Waals surface area contributed by atoms with Gasteiger partial charge in [-0.05, 0) is 36.0 Å². The zero-order valence-electron chi connectivity index (χ0n) is 13.6. The molecular formula is C17H12ClFN2O3S3. The molecule has 2 aromatic rings. The number of amidine groups is 1. The van der Waals surface area contributed by atoms with Gasteiger partial charge in [-0.25, -0.2) is 4.39 Å². The molecule has 10 heteroatoms. The lowest BCUT2D eigenvalue weighted by Gasteiger charge is -2.12. The van der Waals surface area contributed by atoms with E-state index >= 15 is 0 Å². The maximum absolute atomic E-state index is 13.9. The number of rotatable bonds is 5. The minimum Gasteiger partial charge on any atom is -0.282 e. The van der Waals surface area contributed by atoms with Gasteiger partial charge in [0.25, 0.3) is 15.9 Å². The highest BCUT2D eigenvalue weighted by atomic mass is 35.5. The number of amides is 1. The Labute approximate surface area is 168 Å². The molecule has 1 saturated heterocycles. The van der Waals surface area contributed by atoms with E-state index in [1.807, 2.05) is 0 Å². The van der Waals surface area contributed by atoms with Crippen molar-refractivity contribution in [2.24, 2.45) is 4.40 Å². The van der Waals surface area contributed by atoms with Crippen molar-refractivity contribution in [3.8, 4) is 0 Å². The van der Waals surface area contributed by atoms with Gasteiger partial charge < -0.3 is 0 Å². The minimum atomic E-state index is -4.03. The van der Waals surface area contributed by atoms with E-state index in [0.29, 0.717) is 4.34 Å². The van der Waals surface area contributed by atoms with Crippen LogP contribution in [0.4, 0.5) is 4.39 Å². The molecular weight excluding hydrogens is 431 g/mol. The summed E-state index contributed by atoms with van der Waals surface area (Å²) in [6, 6.07) is 8.78. The molecule has 0 N–H and O–H groups in total. The van der Waals surface area contributed by atoms with Gasteiger partial charge in [0.05, 0.1) is 9.24 Å². The van der Waals surface area contributed by atoms with Crippen molar-refractivity contribution in [1.29, 1.82) is 0 Å². The molecule has 0 unspecified atom stereocenters. The SMILES string of the molecule is C=CCN1C(=O)/C(=C/c2ccccc2F)S/C1=N/S(=O)(=O)c1ccc(Cl)s1. The molecule has 0 spiro atoms. The van der Waals surface area contributed by atoms with E-state index in [2.05, 4.69) is 11.0 Å². The summed E-state index contributed by atoms with van der Waals surface area (Å²) < 4.78 is 42.9. The molecule has 2 heterocycles. The third-order valence-corrected chi connectivity index (χ3v) is 7.48. The second kappa shape index (κ2) is 7.97. The highest BCUT2D eigenvalue weighted by Crippen LogP contribution is 2.35. The maximum Gasteiger partial charge on any atom is 0.294 e. The van der Waals surface area contributed by atoms with Crippen LogP contribution in [-0.4, -0.2) is 30.9 Å². The van der Waals surface area contributed by atoms with Crippen LogP contribution in [0.15, 0.2) is 62.6 Å². The van der Waals surface area contributed by atoms with E-state index in [9.17, 15) is 17.6 Å². The van der Waals surface area contributed by atoms with Gasteiger partial charge in [0.1, 0.15) is 10.0 Å². The van der Waals surface area contributed by atoms with E-state index < -0.39 is 21.7 Å². The highest BCUT2D eigenvalue weighted by Gasteiger charge is 2.34. The number of carbonyl (C=O) groups is 1. The number of carbonyl (C=O) groups excluding carboxylic acids is 1. The van der Waals surface area contributed by atoms with Crippen molar-refractivity contribution in [3.05, 3.63) is 69.7 Å². The molecule has 3 rings (SSSR count). The number of nitrogens with zero attached hydrogens (tertiary/aromatic N) is 2. The van der Waals surface area contributed by atoms with Crippen LogP contribution in [0, 0.1) is 5.82 Å². The van der Waals surface area contributed by atoms with Crippen molar-refractivity contribution in [2.75, 3.05) is 6.54 Å². The van der Waals surface area contributed by atoms with Gasteiger partial charge in [-0.2, -0.15) is 8.42 Å². The van der Waals surface area contributed by atoms with Gasteiger partial charge in [-0.1, -0.05) is 35.9 Å². The number of hydrogen-bond acceptors (Lipinski definition) is 5. The van der Waals surface area contributed by atoms with E-state index in [0.717, 1.165) is 23.1 Å². The van der Waals surface area contributed by atoms with Gasteiger partial charge >= 0.3 is 0 Å². The van der Waals surface area contributed by atoms with E-state index in [-0.39, 0.29) is 26.4 Å². The first-order valence-electron chi connectivity index (χ1n) is 7.49. The average molecular weight is 443 g/mol. The predicted octanol–water partition coefficient (Wildman–Crippen LogP) is 4.39. The molecule has 0 bridgehead atoms. The molecule has 0 saturated carbocycles. The average Bonchev–Trinajstić information content (AvgIpc) is 3.17. The fourth-order valence-corrected chi connectivity index (χ4v) is 5.83. The molecule has 1 aromatic carbocycles. The number of benzene rings is 1. The van der Waals surface area contributed by atoms with E-state index in [1.165, 1.54) is 47.4 Å². The summed E-state index contributed by atoms with van der Waals surface area (Å²) in [6.07, 6.45) is 2.82. The summed E-state index contributed by atoms with van der Waals surface area (Å²) in [6.45, 7) is 3.64. The largest absolute Gasteiger partial charge is 0.294 e. The number of sulfonamides is 1. The number of hydrogen-bond donors (Lipinski definition) is 0. The lowest BCUT2D eigenvalue weighted by atomic mass is 10.2. The molecule has 0 atom stereocenters. The van der Waals surface area contributed by atoms with Crippen LogP contribution in [-0.2, 0) is 14.8 Å². The Morgan fingerprint density at radius 2 is 2.00 bits per heavy atom. The summed E-state index contributed by atoms with van der Waals surface area (Å²) in [5, 5.41) is -0.0213. The Bertz CT molecular complexity index is 1080. The Morgan fingerprint density at radius 3 is 2.63 bits per heavy atom. The summed E-state index contributed by atoms with van der Waals surface area (Å²) in [5.41, 5.74) is 0.223. The number of halogens is 2. The quantitative estimate of drug-likeness (QED) is 0.508. The normalized spacial score (nSPS) is 17.9. The number of thiophene rings is 1. The van der Waals surface area contributed by atoms with Crippen LogP contribution in [0.5, 0.6) is 0 Å². The predicted molar refractivity (Wildman–Crippen MR) is 108 cm³/mol. The zero-order chi connectivity index (χ0) is 19.6. The Kier molecular flexibility index (Phi) is 5.85. The second-order valence-electron chi connectivity index (χ2n) is 5.24. The van der Waals surface area contributed by atoms with Gasteiger partial charge in [0.15, 0.2) is 5.17 Å². The van der Waals surface area contributed by atoms with E-state index in [4.69, 9.17) is 11.6 Å². The zero-order valence-corrected chi connectivity index (χ0v) is 16.8. The highest BCUT2D eigenvalue weighted by molar-refractivity contribution is 8.19. The minimum absolute atomic E-state index is 0.0213. The standard InChI is InChI=1S/C17H12ClFN2O3S3/c1-2-9-21-16(22)13(10-11-5-3-4-6-12(11)19)25-17(21)20-27(23,24)15-8-7-14(18)26-15/h2-8,10H,1,9H2/b13-10-,20-17+. The van der Waals surface area contributed by atoms with Crippen molar-refractivity contribution in [1.82, 2.24) is 4.90 Å². The first kappa shape index (κ1) is 19.8. The lowest BCUT2D eigenvalue weighted by Crippen LogP contribution is -2.29. The van der Waals surface area contributed by atoms with Crippen LogP contribution in [0.3, 0.4) is 0 Å². The van der Waals surface area contributed by atoms with Crippen LogP contribution < -0.4 is 0 Å². The number of thioether (sulfide) groups is 1. The summed E-state index contributed by atoms with van der Waals surface area (Å²) in [4.78, 5) is 14.0. The van der Waals surface area contributed by atoms with Gasteiger partial charge in [-0.3, -0.25) is 9.69 Å². The van der Waals surface area contributed by atoms with Crippen LogP contribution in [0.2, 0.25) is 4.34 Å². The fraction of sp³-hybridized carbons (Fsp3) is 0.0588. The summed E-state index contributed by atoms with van der Waals surface area (Å²) >= 11 is 7.53. The van der Waals surface area contributed by atoms with Gasteiger partial charge in [0.2, 0.25) is 0 Å². The van der Waals surface area contributed by atoms with Gasteiger partial charge in [0, 0.05) is 12.1 Å². The summed E-state index contributed by atoms with van der Waals surface area (Å²) in [7, 11) is -4.03. The molecule has 0 aliphatic carbocycles. The molecule has 1 aliphatic rings.